The number of hydrogen-bond acceptors (Lipinski definition) is 1. The minimum atomic E-state index is -0.397. The average Bonchev–Trinajstić information content (AvgIpc) is 2.71. The van der Waals surface area contributed by atoms with Gasteiger partial charge in [-0.2, -0.15) is 0 Å². The van der Waals surface area contributed by atoms with Crippen molar-refractivity contribution in [3.63, 3.8) is 0 Å². The average molecular weight is 272 g/mol. The molecule has 1 aromatic carbocycles. The largest absolute Gasteiger partial charge is 0.316 e. The molecule has 0 aromatic heterocycles. The summed E-state index contributed by atoms with van der Waals surface area (Å²) >= 11 is 3.40. The van der Waals surface area contributed by atoms with Crippen LogP contribution in [0.5, 0.6) is 0 Å². The summed E-state index contributed by atoms with van der Waals surface area (Å²) in [5.41, 5.74) is 2.04. The van der Waals surface area contributed by atoms with E-state index in [1.165, 1.54) is 12.0 Å². The van der Waals surface area contributed by atoms with Crippen LogP contribution in [-0.4, -0.2) is 13.1 Å². The number of hydrogen-bond donors (Lipinski definition) is 1. The molecule has 0 amide bonds. The molecular weight excluding hydrogens is 257 g/mol. The highest BCUT2D eigenvalue weighted by Crippen LogP contribution is 2.22. The summed E-state index contributed by atoms with van der Waals surface area (Å²) in [6, 6.07) is 5.97. The van der Waals surface area contributed by atoms with Crippen LogP contribution in [0.1, 0.15) is 17.5 Å². The molecule has 3 heteroatoms. The van der Waals surface area contributed by atoms with Crippen molar-refractivity contribution in [1.82, 2.24) is 5.32 Å². The van der Waals surface area contributed by atoms with E-state index < -0.39 is 6.67 Å². The van der Waals surface area contributed by atoms with E-state index in [1.54, 1.807) is 0 Å². The molecule has 1 atom stereocenters. The van der Waals surface area contributed by atoms with Gasteiger partial charge in [0, 0.05) is 4.47 Å². The summed E-state index contributed by atoms with van der Waals surface area (Å²) in [5, 5.41) is 3.36. The highest BCUT2D eigenvalue weighted by atomic mass is 79.9. The smallest absolute Gasteiger partial charge is 0.116 e. The number of alkyl halides is 1. The van der Waals surface area contributed by atoms with Crippen LogP contribution in [0.2, 0.25) is 0 Å². The first kappa shape index (κ1) is 11.1. The van der Waals surface area contributed by atoms with Gasteiger partial charge in [0.15, 0.2) is 0 Å². The predicted octanol–water partition coefficient (Wildman–Crippen LogP) is 3.07. The normalized spacial score (nSPS) is 20.8. The van der Waals surface area contributed by atoms with Gasteiger partial charge in [-0.3, -0.25) is 0 Å². The van der Waals surface area contributed by atoms with Gasteiger partial charge in [-0.15, -0.1) is 0 Å². The number of halogens is 2. The summed E-state index contributed by atoms with van der Waals surface area (Å²) in [7, 11) is 0. The zero-order valence-corrected chi connectivity index (χ0v) is 10.2. The summed E-state index contributed by atoms with van der Waals surface area (Å²) in [4.78, 5) is 0. The Balaban J connectivity index is 2.05. The Morgan fingerprint density at radius 1 is 1.47 bits per heavy atom. The second-order valence-corrected chi connectivity index (χ2v) is 4.98. The van der Waals surface area contributed by atoms with Crippen LogP contribution in [0.4, 0.5) is 4.39 Å². The maximum absolute atomic E-state index is 12.5. The van der Waals surface area contributed by atoms with Gasteiger partial charge in [0.25, 0.3) is 0 Å². The second-order valence-electron chi connectivity index (χ2n) is 4.12. The fourth-order valence-electron chi connectivity index (χ4n) is 2.05. The van der Waals surface area contributed by atoms with Gasteiger partial charge in [-0.05, 0) is 49.0 Å². The fourth-order valence-corrected chi connectivity index (χ4v) is 2.58. The van der Waals surface area contributed by atoms with E-state index in [9.17, 15) is 4.39 Å². The molecule has 0 spiro atoms. The summed E-state index contributed by atoms with van der Waals surface area (Å²) in [6.45, 7) is 1.85. The lowest BCUT2D eigenvalue weighted by Crippen LogP contribution is -2.10. The van der Waals surface area contributed by atoms with Crippen molar-refractivity contribution in [2.45, 2.75) is 19.5 Å². The molecule has 1 aliphatic rings. The van der Waals surface area contributed by atoms with E-state index in [4.69, 9.17) is 0 Å². The first-order valence-electron chi connectivity index (χ1n) is 5.33. The third kappa shape index (κ3) is 2.79. The van der Waals surface area contributed by atoms with E-state index in [0.29, 0.717) is 0 Å². The zero-order chi connectivity index (χ0) is 10.7. The molecule has 1 saturated heterocycles. The molecule has 1 fully saturated rings. The fraction of sp³-hybridized carbons (Fsp3) is 0.500. The molecule has 1 N–H and O–H groups in total. The Bertz CT molecular complexity index is 334. The van der Waals surface area contributed by atoms with Crippen molar-refractivity contribution in [3.8, 4) is 0 Å². The second kappa shape index (κ2) is 5.08. The van der Waals surface area contributed by atoms with Gasteiger partial charge < -0.3 is 5.32 Å². The van der Waals surface area contributed by atoms with Crippen LogP contribution in [-0.2, 0) is 13.1 Å². The van der Waals surface area contributed by atoms with E-state index in [-0.39, 0.29) is 0 Å². The molecule has 15 heavy (non-hydrogen) atoms. The van der Waals surface area contributed by atoms with Gasteiger partial charge in [0.05, 0.1) is 0 Å². The van der Waals surface area contributed by atoms with Crippen molar-refractivity contribution in [2.24, 2.45) is 5.92 Å². The molecule has 1 heterocycles. The SMILES string of the molecule is FCc1ccc(CC2CCNC2)cc1Br. The van der Waals surface area contributed by atoms with Crippen LogP contribution < -0.4 is 5.32 Å². The Hall–Kier alpha value is -0.410. The standard InChI is InChI=1S/C12H15BrFN/c13-12-6-9(1-2-11(12)7-14)5-10-3-4-15-8-10/h1-2,6,10,15H,3-5,7-8H2. The van der Waals surface area contributed by atoms with Gasteiger partial charge in [-0.25, -0.2) is 4.39 Å². The highest BCUT2D eigenvalue weighted by Gasteiger charge is 2.15. The van der Waals surface area contributed by atoms with E-state index in [0.717, 1.165) is 35.5 Å². The lowest BCUT2D eigenvalue weighted by Gasteiger charge is -2.09. The van der Waals surface area contributed by atoms with Crippen molar-refractivity contribution < 1.29 is 4.39 Å². The van der Waals surface area contributed by atoms with Crippen LogP contribution in [0.3, 0.4) is 0 Å². The van der Waals surface area contributed by atoms with Crippen molar-refractivity contribution in [1.29, 1.82) is 0 Å². The minimum Gasteiger partial charge on any atom is -0.316 e. The summed E-state index contributed by atoms with van der Waals surface area (Å²) in [5.74, 6) is 0.744. The molecule has 1 unspecified atom stereocenters. The lowest BCUT2D eigenvalue weighted by molar-refractivity contribution is 0.483. The molecule has 0 aliphatic carbocycles. The van der Waals surface area contributed by atoms with Crippen LogP contribution in [0.15, 0.2) is 22.7 Å². The van der Waals surface area contributed by atoms with Crippen LogP contribution in [0, 0.1) is 5.92 Å². The molecule has 1 aliphatic heterocycles. The van der Waals surface area contributed by atoms with Crippen molar-refractivity contribution >= 4 is 15.9 Å². The monoisotopic (exact) mass is 271 g/mol. The Kier molecular flexibility index (Phi) is 3.76. The van der Waals surface area contributed by atoms with Crippen LogP contribution >= 0.6 is 15.9 Å². The molecule has 0 bridgehead atoms. The zero-order valence-electron chi connectivity index (χ0n) is 8.60. The third-order valence-corrected chi connectivity index (χ3v) is 3.69. The van der Waals surface area contributed by atoms with Gasteiger partial charge in [-0.1, -0.05) is 28.1 Å². The summed E-state index contributed by atoms with van der Waals surface area (Å²) in [6.07, 6.45) is 2.35. The summed E-state index contributed by atoms with van der Waals surface area (Å²) < 4.78 is 13.4. The van der Waals surface area contributed by atoms with Gasteiger partial charge in [0.1, 0.15) is 6.67 Å². The quantitative estimate of drug-likeness (QED) is 0.891. The lowest BCUT2D eigenvalue weighted by atomic mass is 9.98. The Labute approximate surface area is 98.2 Å². The highest BCUT2D eigenvalue weighted by molar-refractivity contribution is 9.10. The van der Waals surface area contributed by atoms with E-state index in [2.05, 4.69) is 21.2 Å². The predicted molar refractivity (Wildman–Crippen MR) is 63.6 cm³/mol. The van der Waals surface area contributed by atoms with E-state index >= 15 is 0 Å². The minimum absolute atomic E-state index is 0.397. The molecule has 1 aromatic rings. The molecule has 0 radical (unpaired) electrons. The third-order valence-electron chi connectivity index (χ3n) is 2.95. The number of benzene rings is 1. The van der Waals surface area contributed by atoms with Crippen molar-refractivity contribution in [3.05, 3.63) is 33.8 Å². The maximum atomic E-state index is 12.5. The van der Waals surface area contributed by atoms with Crippen LogP contribution in [0.25, 0.3) is 0 Å². The molecule has 82 valence electrons. The van der Waals surface area contributed by atoms with E-state index in [1.807, 2.05) is 18.2 Å². The Morgan fingerprint density at radius 2 is 2.33 bits per heavy atom. The molecule has 2 rings (SSSR count). The number of rotatable bonds is 3. The Morgan fingerprint density at radius 3 is 2.93 bits per heavy atom. The topological polar surface area (TPSA) is 12.0 Å². The molecule has 0 saturated carbocycles. The van der Waals surface area contributed by atoms with Gasteiger partial charge >= 0.3 is 0 Å². The first-order chi connectivity index (χ1) is 7.29. The first-order valence-corrected chi connectivity index (χ1v) is 6.13. The molecule has 1 nitrogen and oxygen atoms in total. The van der Waals surface area contributed by atoms with Gasteiger partial charge in [0.2, 0.25) is 0 Å². The van der Waals surface area contributed by atoms with Crippen molar-refractivity contribution in [2.75, 3.05) is 13.1 Å². The molecular formula is C12H15BrFN. The number of nitrogens with one attached hydrogen (secondary N) is 1. The maximum Gasteiger partial charge on any atom is 0.116 e.